The molecule has 1 aliphatic rings. The summed E-state index contributed by atoms with van der Waals surface area (Å²) in [4.78, 5) is 28.5. The molecule has 0 saturated carbocycles. The van der Waals surface area contributed by atoms with E-state index in [-0.39, 0.29) is 28.7 Å². The molecule has 40 heavy (non-hydrogen) atoms. The third kappa shape index (κ3) is 5.47. The maximum Gasteiger partial charge on any atom is 0.300 e. The molecule has 0 aromatic heterocycles. The largest absolute Gasteiger partial charge is 0.507 e. The Morgan fingerprint density at radius 3 is 2.12 bits per heavy atom. The summed E-state index contributed by atoms with van der Waals surface area (Å²) >= 11 is 0. The van der Waals surface area contributed by atoms with Crippen molar-refractivity contribution in [1.82, 2.24) is 0 Å². The van der Waals surface area contributed by atoms with Crippen LogP contribution in [0.3, 0.4) is 0 Å². The van der Waals surface area contributed by atoms with E-state index in [1.165, 1.54) is 11.0 Å². The summed E-state index contributed by atoms with van der Waals surface area (Å²) in [5, 5.41) is 21.9. The first kappa shape index (κ1) is 28.5. The van der Waals surface area contributed by atoms with Crippen molar-refractivity contribution < 1.29 is 34.0 Å². The average Bonchev–Trinajstić information content (AvgIpc) is 3.20. The van der Waals surface area contributed by atoms with Crippen molar-refractivity contribution in [1.29, 1.82) is 0 Å². The van der Waals surface area contributed by atoms with Gasteiger partial charge in [-0.15, -0.1) is 0 Å². The molecule has 210 valence electrons. The first-order chi connectivity index (χ1) is 19.2. The molecule has 1 aliphatic heterocycles. The van der Waals surface area contributed by atoms with E-state index in [4.69, 9.17) is 14.2 Å². The summed E-state index contributed by atoms with van der Waals surface area (Å²) in [6, 6.07) is 15.7. The highest BCUT2D eigenvalue weighted by atomic mass is 16.5. The van der Waals surface area contributed by atoms with E-state index in [1.807, 2.05) is 27.7 Å². The summed E-state index contributed by atoms with van der Waals surface area (Å²) in [6.07, 6.45) is 0. The minimum absolute atomic E-state index is 0.0640. The fourth-order valence-electron chi connectivity index (χ4n) is 4.85. The van der Waals surface area contributed by atoms with Crippen LogP contribution >= 0.6 is 0 Å². The third-order valence-electron chi connectivity index (χ3n) is 6.67. The van der Waals surface area contributed by atoms with Gasteiger partial charge in [0.1, 0.15) is 17.3 Å². The molecule has 1 atom stereocenters. The van der Waals surface area contributed by atoms with Crippen molar-refractivity contribution in [2.24, 2.45) is 0 Å². The van der Waals surface area contributed by atoms with E-state index in [2.05, 4.69) is 0 Å². The number of rotatable bonds is 10. The molecule has 0 radical (unpaired) electrons. The lowest BCUT2D eigenvalue weighted by molar-refractivity contribution is -0.132. The minimum atomic E-state index is -0.980. The topological polar surface area (TPSA) is 106 Å². The second-order valence-corrected chi connectivity index (χ2v) is 9.60. The van der Waals surface area contributed by atoms with Crippen molar-refractivity contribution in [2.45, 2.75) is 46.6 Å². The fraction of sp³-hybridized carbons (Fsp3) is 0.312. The molecule has 3 aromatic carbocycles. The Morgan fingerprint density at radius 2 is 1.50 bits per heavy atom. The van der Waals surface area contributed by atoms with Gasteiger partial charge in [0.25, 0.3) is 11.7 Å². The highest BCUT2D eigenvalue weighted by Gasteiger charge is 2.47. The number of carbonyl (C=O) groups excluding carboxylic acids is 2. The van der Waals surface area contributed by atoms with Gasteiger partial charge in [0.15, 0.2) is 11.5 Å². The molecule has 1 amide bonds. The second kappa shape index (κ2) is 12.2. The van der Waals surface area contributed by atoms with Crippen molar-refractivity contribution in [3.05, 3.63) is 82.9 Å². The predicted molar refractivity (Wildman–Crippen MR) is 153 cm³/mol. The van der Waals surface area contributed by atoms with Crippen molar-refractivity contribution >= 4 is 23.1 Å². The number of anilines is 1. The zero-order chi connectivity index (χ0) is 29.0. The normalized spacial score (nSPS) is 16.4. The van der Waals surface area contributed by atoms with Gasteiger partial charge in [0.2, 0.25) is 0 Å². The quantitative estimate of drug-likeness (QED) is 0.174. The van der Waals surface area contributed by atoms with Gasteiger partial charge in [-0.3, -0.25) is 14.5 Å². The van der Waals surface area contributed by atoms with E-state index in [0.29, 0.717) is 48.1 Å². The van der Waals surface area contributed by atoms with Gasteiger partial charge < -0.3 is 24.4 Å². The predicted octanol–water partition coefficient (Wildman–Crippen LogP) is 6.34. The van der Waals surface area contributed by atoms with Crippen LogP contribution < -0.4 is 19.1 Å². The maximum atomic E-state index is 13.6. The lowest BCUT2D eigenvalue weighted by Gasteiger charge is -2.26. The number of aliphatic hydroxyl groups is 1. The maximum absolute atomic E-state index is 13.6. The summed E-state index contributed by atoms with van der Waals surface area (Å²) < 4.78 is 16.9. The molecule has 1 unspecified atom stereocenters. The van der Waals surface area contributed by atoms with Crippen LogP contribution in [0.4, 0.5) is 5.69 Å². The Balaban J connectivity index is 1.93. The van der Waals surface area contributed by atoms with Gasteiger partial charge in [-0.25, -0.2) is 0 Å². The van der Waals surface area contributed by atoms with Gasteiger partial charge in [-0.05, 0) is 92.4 Å². The van der Waals surface area contributed by atoms with Crippen LogP contribution in [0.2, 0.25) is 0 Å². The number of aliphatic hydroxyl groups excluding tert-OH is 1. The van der Waals surface area contributed by atoms with E-state index < -0.39 is 17.7 Å². The molecule has 1 heterocycles. The number of ether oxygens (including phenoxy) is 3. The number of phenolic OH excluding ortho intramolecular Hbond substituents is 1. The van der Waals surface area contributed by atoms with E-state index in [1.54, 1.807) is 61.5 Å². The van der Waals surface area contributed by atoms with Crippen molar-refractivity contribution in [2.75, 3.05) is 24.7 Å². The molecular formula is C32H35NO7. The number of nitrogens with zero attached hydrogens (tertiary/aromatic N) is 1. The van der Waals surface area contributed by atoms with Crippen LogP contribution in [-0.2, 0) is 9.59 Å². The summed E-state index contributed by atoms with van der Waals surface area (Å²) in [6.45, 7) is 10.9. The Kier molecular flexibility index (Phi) is 8.67. The van der Waals surface area contributed by atoms with Crippen LogP contribution in [0.5, 0.6) is 23.0 Å². The molecule has 0 bridgehead atoms. The minimum Gasteiger partial charge on any atom is -0.507 e. The zero-order valence-electron chi connectivity index (χ0n) is 23.4. The number of hydrogen-bond donors (Lipinski definition) is 2. The average molecular weight is 546 g/mol. The SMILES string of the molecule is CCOc1ccc(N2C(=O)C(=O)/C(=C(/O)c3ccc(OCC)c(C(C)C)c3)C2c2ccc(O)c(OCC)c2)cc1. The number of carbonyl (C=O) groups is 2. The first-order valence-electron chi connectivity index (χ1n) is 13.5. The molecule has 1 saturated heterocycles. The molecule has 0 aliphatic carbocycles. The van der Waals surface area contributed by atoms with Gasteiger partial charge in [0.05, 0.1) is 31.4 Å². The number of amides is 1. The first-order valence-corrected chi connectivity index (χ1v) is 13.5. The summed E-state index contributed by atoms with van der Waals surface area (Å²) in [5.41, 5.74) is 2.14. The molecule has 3 aromatic rings. The van der Waals surface area contributed by atoms with Crippen LogP contribution in [0.15, 0.2) is 66.2 Å². The van der Waals surface area contributed by atoms with Gasteiger partial charge in [-0.2, -0.15) is 0 Å². The molecule has 8 nitrogen and oxygen atoms in total. The Labute approximate surface area is 234 Å². The third-order valence-corrected chi connectivity index (χ3v) is 6.67. The smallest absolute Gasteiger partial charge is 0.300 e. The second-order valence-electron chi connectivity index (χ2n) is 9.60. The van der Waals surface area contributed by atoms with Crippen LogP contribution in [-0.4, -0.2) is 41.7 Å². The molecule has 8 heteroatoms. The standard InChI is InChI=1S/C32H35NO7/c1-6-38-23-13-11-22(12-14-23)33-29(20-9-15-25(34)27(18-20)40-8-3)28(31(36)32(33)37)30(35)21-10-16-26(39-7-2)24(17-21)19(4)5/h9-19,29,34-35H,6-8H2,1-5H3/b30-28+. The van der Waals surface area contributed by atoms with Crippen LogP contribution in [0.1, 0.15) is 63.3 Å². The van der Waals surface area contributed by atoms with E-state index in [9.17, 15) is 19.8 Å². The molecule has 0 spiro atoms. The summed E-state index contributed by atoms with van der Waals surface area (Å²) in [5.74, 6) is -0.357. The highest BCUT2D eigenvalue weighted by molar-refractivity contribution is 6.51. The lowest BCUT2D eigenvalue weighted by atomic mass is 9.93. The Morgan fingerprint density at radius 1 is 0.850 bits per heavy atom. The number of phenols is 1. The zero-order valence-corrected chi connectivity index (χ0v) is 23.4. The van der Waals surface area contributed by atoms with Crippen molar-refractivity contribution in [3.63, 3.8) is 0 Å². The molecule has 2 N–H and O–H groups in total. The fourth-order valence-corrected chi connectivity index (χ4v) is 4.85. The van der Waals surface area contributed by atoms with Crippen LogP contribution in [0.25, 0.3) is 5.76 Å². The number of benzene rings is 3. The highest BCUT2D eigenvalue weighted by Crippen LogP contribution is 2.44. The number of hydrogen-bond acceptors (Lipinski definition) is 7. The van der Waals surface area contributed by atoms with Crippen LogP contribution in [0, 0.1) is 0 Å². The van der Waals surface area contributed by atoms with E-state index >= 15 is 0 Å². The monoisotopic (exact) mass is 545 g/mol. The van der Waals surface area contributed by atoms with Gasteiger partial charge in [0, 0.05) is 11.3 Å². The van der Waals surface area contributed by atoms with Crippen molar-refractivity contribution in [3.8, 4) is 23.0 Å². The lowest BCUT2D eigenvalue weighted by Crippen LogP contribution is -2.29. The molecular weight excluding hydrogens is 510 g/mol. The molecule has 4 rings (SSSR count). The number of Topliss-reactive ketones (excluding diaryl/α,β-unsaturated/α-hetero) is 1. The Hall–Kier alpha value is -4.46. The van der Waals surface area contributed by atoms with Gasteiger partial charge in [-0.1, -0.05) is 19.9 Å². The van der Waals surface area contributed by atoms with E-state index in [0.717, 1.165) is 5.56 Å². The summed E-state index contributed by atoms with van der Waals surface area (Å²) in [7, 11) is 0. The number of aromatic hydroxyl groups is 1. The Bertz CT molecular complexity index is 1430. The van der Waals surface area contributed by atoms with Gasteiger partial charge >= 0.3 is 0 Å². The number of ketones is 1. The molecule has 1 fully saturated rings.